The zero-order valence-electron chi connectivity index (χ0n) is 11.7. The van der Waals surface area contributed by atoms with Crippen molar-refractivity contribution in [3.8, 4) is 0 Å². The number of halogens is 2. The highest BCUT2D eigenvalue weighted by Crippen LogP contribution is 2.29. The highest BCUT2D eigenvalue weighted by molar-refractivity contribution is 6.43. The summed E-state index contributed by atoms with van der Waals surface area (Å²) in [4.78, 5) is 24.4. The van der Waals surface area contributed by atoms with Crippen LogP contribution in [0.1, 0.15) is 12.8 Å². The lowest BCUT2D eigenvalue weighted by molar-refractivity contribution is -0.862. The molecule has 2 rings (SSSR count). The maximum absolute atomic E-state index is 11.9. The van der Waals surface area contributed by atoms with Crippen molar-refractivity contribution in [1.29, 1.82) is 0 Å². The van der Waals surface area contributed by atoms with Gasteiger partial charge in [0.15, 0.2) is 13.1 Å². The maximum atomic E-state index is 11.9. The first-order valence-electron chi connectivity index (χ1n) is 6.80. The van der Waals surface area contributed by atoms with Crippen LogP contribution in [0, 0.1) is 0 Å². The molecule has 1 atom stereocenters. The fourth-order valence-electron chi connectivity index (χ4n) is 1.91. The Morgan fingerprint density at radius 3 is 2.57 bits per heavy atom. The third kappa shape index (κ3) is 5.19. The van der Waals surface area contributed by atoms with Crippen LogP contribution in [0.15, 0.2) is 18.2 Å². The number of hydrogen-bond acceptors (Lipinski definition) is 2. The van der Waals surface area contributed by atoms with E-state index in [1.807, 2.05) is 0 Å². The second kappa shape index (κ2) is 7.11. The van der Waals surface area contributed by atoms with E-state index < -0.39 is 0 Å². The summed E-state index contributed by atoms with van der Waals surface area (Å²) in [5, 5.41) is 6.30. The third-order valence-electron chi connectivity index (χ3n) is 3.09. The molecule has 21 heavy (non-hydrogen) atoms. The number of rotatable bonds is 6. The van der Waals surface area contributed by atoms with Crippen LogP contribution in [0.3, 0.4) is 0 Å². The molecule has 0 radical (unpaired) electrons. The number of nitrogens with one attached hydrogen (secondary N) is 3. The van der Waals surface area contributed by atoms with Crippen LogP contribution < -0.4 is 15.5 Å². The number of carbonyl (C=O) groups is 2. The molecule has 5 nitrogen and oxygen atoms in total. The van der Waals surface area contributed by atoms with Gasteiger partial charge in [0.25, 0.3) is 11.8 Å². The number of likely N-dealkylation sites (N-methyl/N-ethyl adjacent to an activating group) is 1. The van der Waals surface area contributed by atoms with E-state index in [1.165, 1.54) is 0 Å². The van der Waals surface area contributed by atoms with Gasteiger partial charge in [-0.3, -0.25) is 9.59 Å². The minimum absolute atomic E-state index is 0.0245. The van der Waals surface area contributed by atoms with Crippen LogP contribution in [0.5, 0.6) is 0 Å². The number of benzene rings is 1. The summed E-state index contributed by atoms with van der Waals surface area (Å²) in [6, 6.07) is 5.38. The van der Waals surface area contributed by atoms with Crippen molar-refractivity contribution < 1.29 is 14.5 Å². The lowest BCUT2D eigenvalue weighted by atomic mass is 10.3. The van der Waals surface area contributed by atoms with Crippen LogP contribution in [-0.4, -0.2) is 38.0 Å². The molecule has 0 heterocycles. The number of quaternary nitrogens is 1. The normalized spacial score (nSPS) is 15.4. The van der Waals surface area contributed by atoms with Gasteiger partial charge in [-0.15, -0.1) is 0 Å². The van der Waals surface area contributed by atoms with Crippen LogP contribution in [-0.2, 0) is 9.59 Å². The molecule has 114 valence electrons. The molecule has 0 aliphatic heterocycles. The van der Waals surface area contributed by atoms with Crippen molar-refractivity contribution in [2.75, 3.05) is 25.5 Å². The minimum Gasteiger partial charge on any atom is -0.348 e. The lowest BCUT2D eigenvalue weighted by Crippen LogP contribution is -3.11. The number of anilines is 1. The molecular formula is C14H18Cl2N3O2+. The van der Waals surface area contributed by atoms with E-state index in [4.69, 9.17) is 23.2 Å². The number of carbonyl (C=O) groups excluding carboxylic acids is 2. The first-order chi connectivity index (χ1) is 9.95. The van der Waals surface area contributed by atoms with Gasteiger partial charge in [0.05, 0.1) is 22.8 Å². The lowest BCUT2D eigenvalue weighted by Gasteiger charge is -2.14. The average Bonchev–Trinajstić information content (AvgIpc) is 3.18. The highest BCUT2D eigenvalue weighted by Gasteiger charge is 2.25. The second-order valence-corrected chi connectivity index (χ2v) is 6.09. The van der Waals surface area contributed by atoms with E-state index in [1.54, 1.807) is 25.2 Å². The molecule has 1 aliphatic carbocycles. The van der Waals surface area contributed by atoms with Crippen molar-refractivity contribution in [1.82, 2.24) is 5.32 Å². The van der Waals surface area contributed by atoms with Crippen molar-refractivity contribution in [3.05, 3.63) is 28.2 Å². The summed E-state index contributed by atoms with van der Waals surface area (Å²) >= 11 is 11.9. The van der Waals surface area contributed by atoms with Crippen LogP contribution in [0.4, 0.5) is 5.69 Å². The Balaban J connectivity index is 1.80. The number of amides is 2. The standard InChI is InChI=1S/C14H17Cl2N3O2/c1-19(7-12(20)17-9-5-6-9)8-13(21)18-11-4-2-3-10(15)14(11)16/h2-4,9H,5-8H2,1H3,(H,17,20)(H,18,21)/p+1. The zero-order chi connectivity index (χ0) is 15.4. The molecule has 2 amide bonds. The molecular weight excluding hydrogens is 313 g/mol. The monoisotopic (exact) mass is 330 g/mol. The van der Waals surface area contributed by atoms with E-state index in [0.29, 0.717) is 21.8 Å². The first kappa shape index (κ1) is 16.1. The van der Waals surface area contributed by atoms with Crippen molar-refractivity contribution in [2.45, 2.75) is 18.9 Å². The molecule has 0 aromatic heterocycles. The first-order valence-corrected chi connectivity index (χ1v) is 7.56. The highest BCUT2D eigenvalue weighted by atomic mass is 35.5. The quantitative estimate of drug-likeness (QED) is 0.720. The molecule has 1 saturated carbocycles. The molecule has 1 aliphatic rings. The summed E-state index contributed by atoms with van der Waals surface area (Å²) in [6.07, 6.45) is 2.11. The summed E-state index contributed by atoms with van der Waals surface area (Å²) in [7, 11) is 1.80. The van der Waals surface area contributed by atoms with Gasteiger partial charge in [0.2, 0.25) is 0 Å². The fourth-order valence-corrected chi connectivity index (χ4v) is 2.26. The summed E-state index contributed by atoms with van der Waals surface area (Å²) < 4.78 is 0. The Hall–Kier alpha value is -1.30. The molecule has 0 bridgehead atoms. The molecule has 1 aromatic rings. The van der Waals surface area contributed by atoms with E-state index in [0.717, 1.165) is 17.7 Å². The van der Waals surface area contributed by atoms with Crippen LogP contribution in [0.25, 0.3) is 0 Å². The van der Waals surface area contributed by atoms with E-state index in [2.05, 4.69) is 10.6 Å². The maximum Gasteiger partial charge on any atom is 0.279 e. The van der Waals surface area contributed by atoms with Gasteiger partial charge in [-0.2, -0.15) is 0 Å². The molecule has 7 heteroatoms. The molecule has 0 spiro atoms. The van der Waals surface area contributed by atoms with Crippen molar-refractivity contribution in [3.63, 3.8) is 0 Å². The predicted octanol–water partition coefficient (Wildman–Crippen LogP) is 0.725. The number of hydrogen-bond donors (Lipinski definition) is 3. The average molecular weight is 331 g/mol. The van der Waals surface area contributed by atoms with Gasteiger partial charge in [0.1, 0.15) is 0 Å². The van der Waals surface area contributed by atoms with E-state index in [9.17, 15) is 9.59 Å². The Kier molecular flexibility index (Phi) is 5.45. The molecule has 1 aromatic carbocycles. The Bertz CT molecular complexity index is 547. The smallest absolute Gasteiger partial charge is 0.279 e. The molecule has 0 saturated heterocycles. The minimum atomic E-state index is -0.212. The zero-order valence-corrected chi connectivity index (χ0v) is 13.2. The van der Waals surface area contributed by atoms with Crippen molar-refractivity contribution >= 4 is 40.7 Å². The predicted molar refractivity (Wildman–Crippen MR) is 82.9 cm³/mol. The largest absolute Gasteiger partial charge is 0.348 e. The molecule has 3 N–H and O–H groups in total. The van der Waals surface area contributed by atoms with Gasteiger partial charge >= 0.3 is 0 Å². The van der Waals surface area contributed by atoms with E-state index in [-0.39, 0.29) is 24.9 Å². The second-order valence-electron chi connectivity index (χ2n) is 5.30. The van der Waals surface area contributed by atoms with Gasteiger partial charge in [-0.1, -0.05) is 29.3 Å². The van der Waals surface area contributed by atoms with Gasteiger partial charge in [-0.05, 0) is 25.0 Å². The Labute approximate surface area is 133 Å². The van der Waals surface area contributed by atoms with Gasteiger partial charge in [0, 0.05) is 6.04 Å². The summed E-state index contributed by atoms with van der Waals surface area (Å²) in [5.74, 6) is -0.237. The van der Waals surface area contributed by atoms with E-state index >= 15 is 0 Å². The van der Waals surface area contributed by atoms with Gasteiger partial charge < -0.3 is 15.5 Å². The molecule has 1 fully saturated rings. The van der Waals surface area contributed by atoms with Crippen molar-refractivity contribution in [2.24, 2.45) is 0 Å². The Morgan fingerprint density at radius 2 is 1.90 bits per heavy atom. The van der Waals surface area contributed by atoms with Gasteiger partial charge in [-0.25, -0.2) is 0 Å². The Morgan fingerprint density at radius 1 is 1.24 bits per heavy atom. The van der Waals surface area contributed by atoms with Crippen LogP contribution in [0.2, 0.25) is 10.0 Å². The fraction of sp³-hybridized carbons (Fsp3) is 0.429. The SMILES string of the molecule is C[NH+](CC(=O)Nc1cccc(Cl)c1Cl)CC(=O)NC1CC1. The summed E-state index contributed by atoms with van der Waals surface area (Å²) in [5.41, 5.74) is 0.476. The topological polar surface area (TPSA) is 62.6 Å². The summed E-state index contributed by atoms with van der Waals surface area (Å²) in [6.45, 7) is 0.453. The molecule has 1 unspecified atom stereocenters. The third-order valence-corrected chi connectivity index (χ3v) is 3.91. The van der Waals surface area contributed by atoms with Crippen LogP contribution >= 0.6 is 23.2 Å².